The lowest BCUT2D eigenvalue weighted by Gasteiger charge is -2.41. The summed E-state index contributed by atoms with van der Waals surface area (Å²) in [5, 5.41) is 3.47. The minimum atomic E-state index is -0.508. The summed E-state index contributed by atoms with van der Waals surface area (Å²) in [6.07, 6.45) is 1.98. The van der Waals surface area contributed by atoms with E-state index in [1.165, 1.54) is 12.1 Å². The summed E-state index contributed by atoms with van der Waals surface area (Å²) in [6, 6.07) is 4.45. The van der Waals surface area contributed by atoms with Crippen molar-refractivity contribution >= 4 is 5.69 Å². The van der Waals surface area contributed by atoms with Crippen molar-refractivity contribution in [3.63, 3.8) is 0 Å². The van der Waals surface area contributed by atoms with Crippen LogP contribution in [0.15, 0.2) is 18.2 Å². The van der Waals surface area contributed by atoms with E-state index in [4.69, 9.17) is 0 Å². The molecule has 1 heterocycles. The fourth-order valence-electron chi connectivity index (χ4n) is 2.52. The van der Waals surface area contributed by atoms with Gasteiger partial charge in [-0.25, -0.2) is 8.78 Å². The predicted molar refractivity (Wildman–Crippen MR) is 69.9 cm³/mol. The average Bonchev–Trinajstić information content (AvgIpc) is 2.36. The molecule has 1 aromatic rings. The third-order valence-electron chi connectivity index (χ3n) is 3.64. The van der Waals surface area contributed by atoms with Crippen molar-refractivity contribution in [2.45, 2.75) is 38.8 Å². The molecule has 0 bridgehead atoms. The van der Waals surface area contributed by atoms with Crippen molar-refractivity contribution in [1.82, 2.24) is 5.32 Å². The Morgan fingerprint density at radius 1 is 1.17 bits per heavy atom. The van der Waals surface area contributed by atoms with Gasteiger partial charge in [-0.3, -0.25) is 0 Å². The molecule has 2 rings (SSSR count). The quantitative estimate of drug-likeness (QED) is 0.892. The van der Waals surface area contributed by atoms with E-state index in [0.29, 0.717) is 17.8 Å². The van der Waals surface area contributed by atoms with Crippen molar-refractivity contribution in [2.75, 3.05) is 18.0 Å². The number of piperazine rings is 1. The van der Waals surface area contributed by atoms with E-state index >= 15 is 0 Å². The number of nitrogens with zero attached hydrogens (tertiary/aromatic N) is 1. The highest BCUT2D eigenvalue weighted by molar-refractivity contribution is 5.49. The van der Waals surface area contributed by atoms with Crippen LogP contribution in [-0.4, -0.2) is 25.2 Å². The van der Waals surface area contributed by atoms with Crippen LogP contribution in [0.1, 0.15) is 26.7 Å². The number of hydrogen-bond donors (Lipinski definition) is 1. The van der Waals surface area contributed by atoms with Crippen LogP contribution in [0.5, 0.6) is 0 Å². The number of benzene rings is 1. The van der Waals surface area contributed by atoms with E-state index in [9.17, 15) is 8.78 Å². The highest BCUT2D eigenvalue weighted by atomic mass is 19.1. The Kier molecular flexibility index (Phi) is 4.17. The molecule has 1 aliphatic heterocycles. The topological polar surface area (TPSA) is 15.3 Å². The molecule has 1 aliphatic rings. The second kappa shape index (κ2) is 5.65. The lowest BCUT2D eigenvalue weighted by Crippen LogP contribution is -2.56. The molecule has 100 valence electrons. The van der Waals surface area contributed by atoms with Gasteiger partial charge in [0.15, 0.2) is 0 Å². The molecular weight excluding hydrogens is 234 g/mol. The Morgan fingerprint density at radius 2 is 1.83 bits per heavy atom. The Morgan fingerprint density at radius 3 is 2.39 bits per heavy atom. The second-order valence-corrected chi connectivity index (χ2v) is 4.86. The first kappa shape index (κ1) is 13.3. The van der Waals surface area contributed by atoms with Crippen LogP contribution >= 0.6 is 0 Å². The van der Waals surface area contributed by atoms with Crippen molar-refractivity contribution < 1.29 is 8.78 Å². The first-order chi connectivity index (χ1) is 8.63. The summed E-state index contributed by atoms with van der Waals surface area (Å²) in [5.41, 5.74) is 0.652. The van der Waals surface area contributed by atoms with Gasteiger partial charge in [-0.05, 0) is 25.0 Å². The summed E-state index contributed by atoms with van der Waals surface area (Å²) in [7, 11) is 0. The molecule has 1 saturated heterocycles. The van der Waals surface area contributed by atoms with Crippen molar-refractivity contribution in [1.29, 1.82) is 0 Å². The maximum absolute atomic E-state index is 13.3. The van der Waals surface area contributed by atoms with Crippen LogP contribution < -0.4 is 10.2 Å². The zero-order chi connectivity index (χ0) is 13.1. The first-order valence-corrected chi connectivity index (χ1v) is 6.60. The Balaban J connectivity index is 2.26. The van der Waals surface area contributed by atoms with Crippen LogP contribution in [-0.2, 0) is 0 Å². The lowest BCUT2D eigenvalue weighted by atomic mass is 10.0. The minimum Gasteiger partial charge on any atom is -0.366 e. The smallest absolute Gasteiger partial charge is 0.128 e. The molecule has 18 heavy (non-hydrogen) atoms. The Labute approximate surface area is 107 Å². The van der Waals surface area contributed by atoms with Crippen molar-refractivity contribution in [3.8, 4) is 0 Å². The number of anilines is 1. The fraction of sp³-hybridized carbons (Fsp3) is 0.571. The summed E-state index contributed by atoms with van der Waals surface area (Å²) < 4.78 is 26.6. The average molecular weight is 254 g/mol. The molecular formula is C14H20F2N2. The molecule has 2 unspecified atom stereocenters. The van der Waals surface area contributed by atoms with Gasteiger partial charge in [0.2, 0.25) is 0 Å². The van der Waals surface area contributed by atoms with E-state index in [-0.39, 0.29) is 0 Å². The molecule has 0 saturated carbocycles. The molecule has 4 heteroatoms. The third kappa shape index (κ3) is 2.80. The van der Waals surface area contributed by atoms with Crippen LogP contribution in [0.2, 0.25) is 0 Å². The van der Waals surface area contributed by atoms with E-state index in [1.54, 1.807) is 0 Å². The zero-order valence-corrected chi connectivity index (χ0v) is 10.9. The summed E-state index contributed by atoms with van der Waals surface area (Å²) >= 11 is 0. The van der Waals surface area contributed by atoms with E-state index < -0.39 is 11.6 Å². The van der Waals surface area contributed by atoms with Gasteiger partial charge in [-0.15, -0.1) is 0 Å². The Hall–Kier alpha value is -1.16. The van der Waals surface area contributed by atoms with Crippen LogP contribution in [0.3, 0.4) is 0 Å². The van der Waals surface area contributed by atoms with Gasteiger partial charge in [0, 0.05) is 36.9 Å². The van der Waals surface area contributed by atoms with Gasteiger partial charge >= 0.3 is 0 Å². The number of rotatable bonds is 3. The highest BCUT2D eigenvalue weighted by Gasteiger charge is 2.26. The SMILES string of the molecule is CCC1CN(c2cc(F)cc(F)c2)C(CC)CN1. The number of hydrogen-bond acceptors (Lipinski definition) is 2. The maximum atomic E-state index is 13.3. The van der Waals surface area contributed by atoms with Crippen molar-refractivity contribution in [2.24, 2.45) is 0 Å². The molecule has 0 aromatic heterocycles. The summed E-state index contributed by atoms with van der Waals surface area (Å²) in [4.78, 5) is 2.12. The van der Waals surface area contributed by atoms with Crippen LogP contribution in [0.4, 0.5) is 14.5 Å². The number of halogens is 2. The molecule has 1 fully saturated rings. The second-order valence-electron chi connectivity index (χ2n) is 4.86. The standard InChI is InChI=1S/C14H20F2N2/c1-3-12-9-18(13(4-2)8-17-12)14-6-10(15)5-11(16)7-14/h5-7,12-13,17H,3-4,8-9H2,1-2H3. The third-order valence-corrected chi connectivity index (χ3v) is 3.64. The molecule has 1 aromatic carbocycles. The van der Waals surface area contributed by atoms with E-state index in [2.05, 4.69) is 24.1 Å². The summed E-state index contributed by atoms with van der Waals surface area (Å²) in [5.74, 6) is -1.02. The van der Waals surface area contributed by atoms with Gasteiger partial charge in [-0.2, -0.15) is 0 Å². The largest absolute Gasteiger partial charge is 0.366 e. The molecule has 1 N–H and O–H groups in total. The highest BCUT2D eigenvalue weighted by Crippen LogP contribution is 2.24. The molecule has 0 aliphatic carbocycles. The minimum absolute atomic E-state index is 0.300. The molecule has 0 radical (unpaired) electrons. The predicted octanol–water partition coefficient (Wildman–Crippen LogP) is 2.93. The molecule has 0 amide bonds. The number of nitrogens with one attached hydrogen (secondary N) is 1. The van der Waals surface area contributed by atoms with Crippen LogP contribution in [0.25, 0.3) is 0 Å². The normalized spacial score (nSPS) is 24.3. The van der Waals surface area contributed by atoms with Crippen LogP contribution in [0, 0.1) is 11.6 Å². The van der Waals surface area contributed by atoms with Gasteiger partial charge in [0.05, 0.1) is 0 Å². The first-order valence-electron chi connectivity index (χ1n) is 6.60. The molecule has 0 spiro atoms. The fourth-order valence-corrected chi connectivity index (χ4v) is 2.52. The van der Waals surface area contributed by atoms with Crippen molar-refractivity contribution in [3.05, 3.63) is 29.8 Å². The molecule has 2 nitrogen and oxygen atoms in total. The maximum Gasteiger partial charge on any atom is 0.128 e. The van der Waals surface area contributed by atoms with E-state index in [1.807, 2.05) is 0 Å². The monoisotopic (exact) mass is 254 g/mol. The van der Waals surface area contributed by atoms with Gasteiger partial charge < -0.3 is 10.2 Å². The zero-order valence-electron chi connectivity index (χ0n) is 10.9. The van der Waals surface area contributed by atoms with E-state index in [0.717, 1.165) is 32.0 Å². The van der Waals surface area contributed by atoms with Gasteiger partial charge in [-0.1, -0.05) is 13.8 Å². The molecule has 2 atom stereocenters. The lowest BCUT2D eigenvalue weighted by molar-refractivity contribution is 0.378. The van der Waals surface area contributed by atoms with Gasteiger partial charge in [0.1, 0.15) is 11.6 Å². The van der Waals surface area contributed by atoms with Gasteiger partial charge in [0.25, 0.3) is 0 Å². The summed E-state index contributed by atoms with van der Waals surface area (Å²) in [6.45, 7) is 5.89. The Bertz CT molecular complexity index is 389.